The van der Waals surface area contributed by atoms with Gasteiger partial charge in [-0.3, -0.25) is 9.59 Å². The van der Waals surface area contributed by atoms with Crippen molar-refractivity contribution in [3.05, 3.63) is 0 Å². The molecule has 2 aliphatic rings. The van der Waals surface area contributed by atoms with E-state index >= 15 is 0 Å². The lowest BCUT2D eigenvalue weighted by molar-refractivity contribution is -0.165. The molecule has 0 aromatic heterocycles. The van der Waals surface area contributed by atoms with Crippen molar-refractivity contribution in [3.63, 3.8) is 0 Å². The normalized spacial score (nSPS) is 24.7. The van der Waals surface area contributed by atoms with Gasteiger partial charge in [0.15, 0.2) is 0 Å². The molecule has 0 bridgehead atoms. The third-order valence-electron chi connectivity index (χ3n) is 4.08. The molecule has 0 aromatic rings. The predicted octanol–water partition coefficient (Wildman–Crippen LogP) is -0.395. The fraction of sp³-hybridized carbons (Fsp3) is 0.846. The van der Waals surface area contributed by atoms with E-state index in [0.29, 0.717) is 0 Å². The highest BCUT2D eigenvalue weighted by Crippen LogP contribution is 2.43. The fourth-order valence-electron chi connectivity index (χ4n) is 2.82. The van der Waals surface area contributed by atoms with Crippen molar-refractivity contribution in [3.8, 4) is 0 Å². The van der Waals surface area contributed by atoms with Gasteiger partial charge in [-0.25, -0.2) is 17.2 Å². The first-order valence-corrected chi connectivity index (χ1v) is 9.28. The first kappa shape index (κ1) is 19.0. The van der Waals surface area contributed by atoms with E-state index in [-0.39, 0.29) is 26.2 Å². The third-order valence-corrected chi connectivity index (χ3v) is 5.29. The Morgan fingerprint density at radius 1 is 1.38 bits per heavy atom. The third kappa shape index (κ3) is 4.84. The van der Waals surface area contributed by atoms with Crippen LogP contribution in [0.4, 0.5) is 8.78 Å². The molecule has 0 radical (unpaired) electrons. The number of carboxylic acid groups (broad SMARTS) is 1. The molecule has 1 heterocycles. The first-order valence-electron chi connectivity index (χ1n) is 7.43. The number of hydrogen-bond donors (Lipinski definition) is 1. The summed E-state index contributed by atoms with van der Waals surface area (Å²) in [6, 6.07) is 0. The lowest BCUT2D eigenvalue weighted by Crippen LogP contribution is -2.54. The zero-order valence-electron chi connectivity index (χ0n) is 13.2. The molecule has 1 aliphatic heterocycles. The Balaban J connectivity index is 1.94. The molecular weight excluding hydrogens is 350 g/mol. The second-order valence-electron chi connectivity index (χ2n) is 6.19. The zero-order chi connectivity index (χ0) is 18.1. The Morgan fingerprint density at radius 3 is 2.50 bits per heavy atom. The summed E-state index contributed by atoms with van der Waals surface area (Å²) in [4.78, 5) is 24.4. The minimum absolute atomic E-state index is 0.0482. The molecule has 138 valence electrons. The summed E-state index contributed by atoms with van der Waals surface area (Å²) in [5, 5.41) is 8.80. The number of carboxylic acids is 1. The van der Waals surface area contributed by atoms with Crippen LogP contribution in [-0.2, 0) is 24.3 Å². The lowest BCUT2D eigenvalue weighted by Gasteiger charge is -2.40. The van der Waals surface area contributed by atoms with E-state index < -0.39 is 59.2 Å². The lowest BCUT2D eigenvalue weighted by atomic mass is 9.80. The largest absolute Gasteiger partial charge is 0.480 e. The molecule has 1 atom stereocenters. The number of ether oxygens (including phenoxy) is 1. The molecule has 1 amide bonds. The molecule has 0 aromatic carbocycles. The van der Waals surface area contributed by atoms with Gasteiger partial charge >= 0.3 is 5.97 Å². The topological polar surface area (TPSA) is 104 Å². The number of morpholine rings is 1. The highest BCUT2D eigenvalue weighted by molar-refractivity contribution is 7.88. The Labute approximate surface area is 138 Å². The molecule has 1 saturated heterocycles. The molecule has 0 spiro atoms. The van der Waals surface area contributed by atoms with Crippen molar-refractivity contribution >= 4 is 21.9 Å². The summed E-state index contributed by atoms with van der Waals surface area (Å²) < 4.78 is 55.2. The van der Waals surface area contributed by atoms with Gasteiger partial charge in [0.25, 0.3) is 0 Å². The van der Waals surface area contributed by atoms with Crippen LogP contribution in [0.1, 0.15) is 12.8 Å². The molecule has 2 rings (SSSR count). The molecule has 11 heteroatoms. The average molecular weight is 370 g/mol. The van der Waals surface area contributed by atoms with Gasteiger partial charge in [0.05, 0.1) is 19.0 Å². The maximum absolute atomic E-state index is 12.9. The molecule has 1 aliphatic carbocycles. The molecular formula is C13H20F2N2O6S. The number of aliphatic carboxylic acids is 1. The maximum Gasteiger partial charge on any atom is 0.318 e. The van der Waals surface area contributed by atoms with Crippen molar-refractivity contribution in [1.82, 2.24) is 9.21 Å². The molecule has 1 N–H and O–H groups in total. The van der Waals surface area contributed by atoms with Crippen LogP contribution in [0.3, 0.4) is 0 Å². The predicted molar refractivity (Wildman–Crippen MR) is 78.0 cm³/mol. The van der Waals surface area contributed by atoms with Crippen LogP contribution in [0.25, 0.3) is 0 Å². The zero-order valence-corrected chi connectivity index (χ0v) is 14.0. The number of sulfonamides is 1. The number of rotatable bonds is 6. The summed E-state index contributed by atoms with van der Waals surface area (Å²) in [5.41, 5.74) is 0. The SMILES string of the molecule is CS(=O)(=O)N(CC(=O)O)CC1CN(C(=O)C2CC(F)(F)C2)CCO1. The summed E-state index contributed by atoms with van der Waals surface area (Å²) in [7, 11) is -3.75. The maximum atomic E-state index is 12.9. The van der Waals surface area contributed by atoms with E-state index in [4.69, 9.17) is 9.84 Å². The van der Waals surface area contributed by atoms with Crippen molar-refractivity contribution in [2.75, 3.05) is 39.0 Å². The van der Waals surface area contributed by atoms with E-state index in [1.54, 1.807) is 0 Å². The fourth-order valence-corrected chi connectivity index (χ4v) is 3.60. The second-order valence-corrected chi connectivity index (χ2v) is 8.17. The van der Waals surface area contributed by atoms with Crippen LogP contribution in [0, 0.1) is 5.92 Å². The second kappa shape index (κ2) is 6.89. The Bertz CT molecular complexity index is 604. The van der Waals surface area contributed by atoms with Crippen LogP contribution in [0.5, 0.6) is 0 Å². The van der Waals surface area contributed by atoms with Gasteiger partial charge in [0.2, 0.25) is 21.9 Å². The number of nitrogens with zero attached hydrogens (tertiary/aromatic N) is 2. The minimum atomic E-state index is -3.75. The highest BCUT2D eigenvalue weighted by atomic mass is 32.2. The quantitative estimate of drug-likeness (QED) is 0.683. The molecule has 24 heavy (non-hydrogen) atoms. The number of amides is 1. The van der Waals surface area contributed by atoms with Crippen LogP contribution in [-0.4, -0.2) is 85.7 Å². The van der Waals surface area contributed by atoms with Crippen molar-refractivity contribution < 1.29 is 36.6 Å². The summed E-state index contributed by atoms with van der Waals surface area (Å²) in [6.07, 6.45) is -0.750. The van der Waals surface area contributed by atoms with E-state index in [1.165, 1.54) is 4.90 Å². The van der Waals surface area contributed by atoms with E-state index in [1.807, 2.05) is 0 Å². The van der Waals surface area contributed by atoms with E-state index in [2.05, 4.69) is 0 Å². The molecule has 2 fully saturated rings. The Morgan fingerprint density at radius 2 is 2.00 bits per heavy atom. The van der Waals surface area contributed by atoms with E-state index in [9.17, 15) is 26.8 Å². The minimum Gasteiger partial charge on any atom is -0.480 e. The number of carbonyl (C=O) groups is 2. The summed E-state index contributed by atoms with van der Waals surface area (Å²) >= 11 is 0. The van der Waals surface area contributed by atoms with Gasteiger partial charge in [-0.2, -0.15) is 4.31 Å². The monoisotopic (exact) mass is 370 g/mol. The number of alkyl halides is 2. The van der Waals surface area contributed by atoms with Crippen LogP contribution < -0.4 is 0 Å². The average Bonchev–Trinajstić information content (AvgIpc) is 2.42. The molecule has 1 saturated carbocycles. The van der Waals surface area contributed by atoms with Gasteiger partial charge in [-0.15, -0.1) is 0 Å². The summed E-state index contributed by atoms with van der Waals surface area (Å²) in [6.45, 7) is -0.483. The standard InChI is InChI=1S/C13H20F2N2O6S/c1-24(21,22)17(8-11(18)19)7-10-6-16(2-3-23-10)12(20)9-4-13(14,15)5-9/h9-10H,2-8H2,1H3,(H,18,19). The smallest absolute Gasteiger partial charge is 0.318 e. The van der Waals surface area contributed by atoms with Crippen molar-refractivity contribution in [2.45, 2.75) is 24.9 Å². The van der Waals surface area contributed by atoms with E-state index in [0.717, 1.165) is 10.6 Å². The van der Waals surface area contributed by atoms with Crippen LogP contribution in [0.2, 0.25) is 0 Å². The summed E-state index contributed by atoms with van der Waals surface area (Å²) in [5.74, 6) is -5.20. The van der Waals surface area contributed by atoms with Gasteiger partial charge in [-0.1, -0.05) is 0 Å². The van der Waals surface area contributed by atoms with Gasteiger partial charge < -0.3 is 14.7 Å². The Hall–Kier alpha value is -1.33. The van der Waals surface area contributed by atoms with Crippen LogP contribution >= 0.6 is 0 Å². The highest BCUT2D eigenvalue weighted by Gasteiger charge is 2.50. The van der Waals surface area contributed by atoms with Gasteiger partial charge in [-0.05, 0) is 0 Å². The first-order chi connectivity index (χ1) is 11.0. The van der Waals surface area contributed by atoms with Crippen LogP contribution in [0.15, 0.2) is 0 Å². The van der Waals surface area contributed by atoms with Gasteiger partial charge in [0.1, 0.15) is 6.54 Å². The van der Waals surface area contributed by atoms with Crippen molar-refractivity contribution in [1.29, 1.82) is 0 Å². The molecule has 1 unspecified atom stereocenters. The Kier molecular flexibility index (Phi) is 5.45. The van der Waals surface area contributed by atoms with Crippen molar-refractivity contribution in [2.24, 2.45) is 5.92 Å². The number of carbonyl (C=O) groups excluding carboxylic acids is 1. The van der Waals surface area contributed by atoms with Gasteiger partial charge in [0, 0.05) is 38.4 Å². The molecule has 8 nitrogen and oxygen atoms in total. The number of halogens is 2. The number of hydrogen-bond acceptors (Lipinski definition) is 5.